The van der Waals surface area contributed by atoms with Crippen molar-refractivity contribution in [2.45, 2.75) is 57.0 Å². The Morgan fingerprint density at radius 2 is 1.96 bits per heavy atom. The van der Waals surface area contributed by atoms with Crippen LogP contribution in [-0.4, -0.2) is 40.2 Å². The van der Waals surface area contributed by atoms with Gasteiger partial charge in [-0.05, 0) is 37.3 Å². The van der Waals surface area contributed by atoms with Gasteiger partial charge in [-0.25, -0.2) is 0 Å². The Morgan fingerprint density at radius 1 is 1.19 bits per heavy atom. The summed E-state index contributed by atoms with van der Waals surface area (Å²) < 4.78 is 5.95. The van der Waals surface area contributed by atoms with Crippen LogP contribution in [0.1, 0.15) is 49.1 Å². The van der Waals surface area contributed by atoms with Crippen LogP contribution in [0, 0.1) is 6.92 Å². The van der Waals surface area contributed by atoms with Crippen molar-refractivity contribution in [1.29, 1.82) is 0 Å². The van der Waals surface area contributed by atoms with Crippen LogP contribution in [0.5, 0.6) is 5.88 Å². The normalized spacial score (nSPS) is 20.3. The Kier molecular flexibility index (Phi) is 4.94. The first-order valence-corrected chi connectivity index (χ1v) is 10.4. The molecule has 0 atom stereocenters. The van der Waals surface area contributed by atoms with Gasteiger partial charge < -0.3 is 9.64 Å². The number of ether oxygens (including phenoxy) is 1. The predicted molar refractivity (Wildman–Crippen MR) is 101 cm³/mol. The van der Waals surface area contributed by atoms with E-state index in [-0.39, 0.29) is 11.5 Å². The van der Waals surface area contributed by atoms with E-state index in [4.69, 9.17) is 4.74 Å². The number of nitrogens with zero attached hydrogens (tertiary/aromatic N) is 3. The minimum Gasteiger partial charge on any atom is -0.473 e. The zero-order chi connectivity index (χ0) is 18.0. The molecule has 2 aromatic rings. The van der Waals surface area contributed by atoms with Gasteiger partial charge in [0.2, 0.25) is 11.8 Å². The van der Waals surface area contributed by atoms with Crippen LogP contribution >= 0.6 is 11.3 Å². The standard InChI is InChI=1S/C20H25N3O2S/c1-15-6-7-18(22-21-15)25-16-8-12-23(13-9-16)19(24)20(10-2-3-11-20)17-5-4-14-26-17/h4-7,14,16H,2-3,8-13H2,1H3. The number of amides is 1. The molecule has 1 aliphatic carbocycles. The topological polar surface area (TPSA) is 55.3 Å². The summed E-state index contributed by atoms with van der Waals surface area (Å²) in [5, 5.41) is 10.2. The number of likely N-dealkylation sites (tertiary alicyclic amines) is 1. The maximum atomic E-state index is 13.4. The van der Waals surface area contributed by atoms with Crippen LogP contribution in [-0.2, 0) is 10.2 Å². The number of aryl methyl sites for hydroxylation is 1. The van der Waals surface area contributed by atoms with E-state index in [1.54, 1.807) is 11.3 Å². The average Bonchev–Trinajstić information content (AvgIpc) is 3.36. The second-order valence-corrected chi connectivity index (χ2v) is 8.34. The van der Waals surface area contributed by atoms with Crippen LogP contribution in [0.25, 0.3) is 0 Å². The fourth-order valence-electron chi connectivity index (χ4n) is 4.19. The summed E-state index contributed by atoms with van der Waals surface area (Å²) in [5.74, 6) is 0.900. The molecule has 0 spiro atoms. The van der Waals surface area contributed by atoms with E-state index in [0.29, 0.717) is 11.8 Å². The Bertz CT molecular complexity index is 731. The Hall–Kier alpha value is -1.95. The first kappa shape index (κ1) is 17.5. The van der Waals surface area contributed by atoms with Gasteiger partial charge in [-0.1, -0.05) is 18.9 Å². The SMILES string of the molecule is Cc1ccc(OC2CCN(C(=O)C3(c4cccs4)CCCC3)CC2)nn1. The highest BCUT2D eigenvalue weighted by Crippen LogP contribution is 2.44. The summed E-state index contributed by atoms with van der Waals surface area (Å²) in [7, 11) is 0. The van der Waals surface area contributed by atoms with Crippen LogP contribution in [0.4, 0.5) is 0 Å². The minimum absolute atomic E-state index is 0.109. The third-order valence-electron chi connectivity index (χ3n) is 5.65. The maximum absolute atomic E-state index is 13.4. The van der Waals surface area contributed by atoms with Crippen molar-refractivity contribution in [1.82, 2.24) is 15.1 Å². The predicted octanol–water partition coefficient (Wildman–Crippen LogP) is 3.73. The first-order valence-electron chi connectivity index (χ1n) is 9.48. The maximum Gasteiger partial charge on any atom is 0.234 e. The molecule has 6 heteroatoms. The minimum atomic E-state index is -0.274. The van der Waals surface area contributed by atoms with E-state index < -0.39 is 0 Å². The molecule has 0 radical (unpaired) electrons. The van der Waals surface area contributed by atoms with Gasteiger partial charge in [0, 0.05) is 36.9 Å². The third kappa shape index (κ3) is 3.34. The molecule has 1 amide bonds. The van der Waals surface area contributed by atoms with Crippen LogP contribution in [0.2, 0.25) is 0 Å². The summed E-state index contributed by atoms with van der Waals surface area (Å²) in [6.07, 6.45) is 6.08. The molecule has 26 heavy (non-hydrogen) atoms. The van der Waals surface area contributed by atoms with Gasteiger partial charge in [-0.15, -0.1) is 16.4 Å². The second-order valence-electron chi connectivity index (χ2n) is 7.39. The molecule has 1 aliphatic heterocycles. The summed E-state index contributed by atoms with van der Waals surface area (Å²) >= 11 is 1.73. The summed E-state index contributed by atoms with van der Waals surface area (Å²) in [6, 6.07) is 7.98. The molecule has 4 rings (SSSR count). The second kappa shape index (κ2) is 7.35. The number of carbonyl (C=O) groups is 1. The molecular formula is C20H25N3O2S. The molecule has 0 unspecified atom stereocenters. The zero-order valence-electron chi connectivity index (χ0n) is 15.2. The van der Waals surface area contributed by atoms with Crippen molar-refractivity contribution in [2.24, 2.45) is 0 Å². The van der Waals surface area contributed by atoms with Crippen LogP contribution in [0.15, 0.2) is 29.6 Å². The van der Waals surface area contributed by atoms with Crippen molar-refractivity contribution in [3.05, 3.63) is 40.2 Å². The molecule has 0 N–H and O–H groups in total. The zero-order valence-corrected chi connectivity index (χ0v) is 16.0. The van der Waals surface area contributed by atoms with Crippen molar-refractivity contribution < 1.29 is 9.53 Å². The van der Waals surface area contributed by atoms with E-state index in [2.05, 4.69) is 32.6 Å². The van der Waals surface area contributed by atoms with Crippen LogP contribution < -0.4 is 4.74 Å². The number of thiophene rings is 1. The highest BCUT2D eigenvalue weighted by atomic mass is 32.1. The quantitative estimate of drug-likeness (QED) is 0.822. The number of hydrogen-bond acceptors (Lipinski definition) is 5. The third-order valence-corrected chi connectivity index (χ3v) is 6.72. The molecule has 1 saturated carbocycles. The van der Waals surface area contributed by atoms with Gasteiger partial charge in [-0.2, -0.15) is 5.10 Å². The van der Waals surface area contributed by atoms with Gasteiger partial charge in [0.05, 0.1) is 11.1 Å². The molecule has 1 saturated heterocycles. The molecule has 138 valence electrons. The molecule has 2 aromatic heterocycles. The average molecular weight is 372 g/mol. The molecule has 5 nitrogen and oxygen atoms in total. The Labute approximate surface area is 158 Å². The highest BCUT2D eigenvalue weighted by Gasteiger charge is 2.46. The van der Waals surface area contributed by atoms with Gasteiger partial charge >= 0.3 is 0 Å². The van der Waals surface area contributed by atoms with Gasteiger partial charge in [0.15, 0.2) is 0 Å². The van der Waals surface area contributed by atoms with Crippen molar-refractivity contribution in [3.63, 3.8) is 0 Å². The summed E-state index contributed by atoms with van der Waals surface area (Å²) in [6.45, 7) is 3.43. The molecule has 0 aromatic carbocycles. The smallest absolute Gasteiger partial charge is 0.234 e. The number of carbonyl (C=O) groups excluding carboxylic acids is 1. The fourth-order valence-corrected chi connectivity index (χ4v) is 5.17. The Balaban J connectivity index is 1.39. The molecule has 2 fully saturated rings. The lowest BCUT2D eigenvalue weighted by molar-refractivity contribution is -0.139. The molecule has 0 bridgehead atoms. The van der Waals surface area contributed by atoms with E-state index in [9.17, 15) is 4.79 Å². The lowest BCUT2D eigenvalue weighted by atomic mass is 9.82. The van der Waals surface area contributed by atoms with E-state index >= 15 is 0 Å². The lowest BCUT2D eigenvalue weighted by Gasteiger charge is -2.38. The molecule has 2 aliphatic rings. The molecule has 3 heterocycles. The van der Waals surface area contributed by atoms with Gasteiger partial charge in [0.25, 0.3) is 0 Å². The highest BCUT2D eigenvalue weighted by molar-refractivity contribution is 7.10. The van der Waals surface area contributed by atoms with E-state index in [1.165, 1.54) is 4.88 Å². The number of rotatable bonds is 4. The lowest BCUT2D eigenvalue weighted by Crippen LogP contribution is -2.49. The summed E-state index contributed by atoms with van der Waals surface area (Å²) in [5.41, 5.74) is 0.609. The van der Waals surface area contributed by atoms with Crippen molar-refractivity contribution in [2.75, 3.05) is 13.1 Å². The van der Waals surface area contributed by atoms with E-state index in [0.717, 1.165) is 57.3 Å². The number of aromatic nitrogens is 2. The van der Waals surface area contributed by atoms with Gasteiger partial charge in [0.1, 0.15) is 6.10 Å². The monoisotopic (exact) mass is 371 g/mol. The fraction of sp³-hybridized carbons (Fsp3) is 0.550. The molecular weight excluding hydrogens is 346 g/mol. The van der Waals surface area contributed by atoms with Gasteiger partial charge in [-0.3, -0.25) is 4.79 Å². The summed E-state index contributed by atoms with van der Waals surface area (Å²) in [4.78, 5) is 16.7. The number of hydrogen-bond donors (Lipinski definition) is 0. The first-order chi connectivity index (χ1) is 12.7. The van der Waals surface area contributed by atoms with Crippen LogP contribution in [0.3, 0.4) is 0 Å². The Morgan fingerprint density at radius 3 is 2.58 bits per heavy atom. The van der Waals surface area contributed by atoms with Crippen molar-refractivity contribution >= 4 is 17.2 Å². The van der Waals surface area contributed by atoms with Crippen molar-refractivity contribution in [3.8, 4) is 5.88 Å². The largest absolute Gasteiger partial charge is 0.473 e. The number of piperidine rings is 1. The van der Waals surface area contributed by atoms with E-state index in [1.807, 2.05) is 19.1 Å².